The lowest BCUT2D eigenvalue weighted by Gasteiger charge is -2.20. The first-order valence-electron chi connectivity index (χ1n) is 9.15. The average Bonchev–Trinajstić information content (AvgIpc) is 3.15. The normalized spacial score (nSPS) is 14.5. The number of amides is 3. The number of likely N-dealkylation sites (N-methyl/N-ethyl adjacent to an activating group) is 1. The van der Waals surface area contributed by atoms with Crippen molar-refractivity contribution in [1.29, 1.82) is 0 Å². The highest BCUT2D eigenvalue weighted by atomic mass is 35.5. The van der Waals surface area contributed by atoms with E-state index in [0.29, 0.717) is 10.0 Å². The fourth-order valence-corrected chi connectivity index (χ4v) is 3.95. The molecule has 160 valence electrons. The van der Waals surface area contributed by atoms with Gasteiger partial charge < -0.3 is 26.0 Å². The molecule has 0 radical (unpaired) electrons. The van der Waals surface area contributed by atoms with Crippen molar-refractivity contribution >= 4 is 46.5 Å². The smallest absolute Gasteiger partial charge is 0.314 e. The van der Waals surface area contributed by atoms with Crippen molar-refractivity contribution in [3.05, 3.63) is 38.9 Å². The zero-order valence-corrected chi connectivity index (χ0v) is 17.7. The molecule has 3 amide bonds. The van der Waals surface area contributed by atoms with Crippen LogP contribution in [0.3, 0.4) is 0 Å². The number of pyridine rings is 1. The van der Waals surface area contributed by atoms with Crippen molar-refractivity contribution in [3.8, 4) is 0 Å². The third-order valence-corrected chi connectivity index (χ3v) is 5.66. The fourth-order valence-electron chi connectivity index (χ4n) is 2.75. The van der Waals surface area contributed by atoms with E-state index in [1.165, 1.54) is 29.7 Å². The number of rotatable bonds is 6. The number of aromatic nitrogens is 2. The Bertz CT molecular complexity index is 935. The minimum absolute atomic E-state index is 0.129. The summed E-state index contributed by atoms with van der Waals surface area (Å²) in [6.07, 6.45) is 2.12. The van der Waals surface area contributed by atoms with Gasteiger partial charge in [0.25, 0.3) is 5.91 Å². The van der Waals surface area contributed by atoms with Gasteiger partial charge >= 0.3 is 11.8 Å². The summed E-state index contributed by atoms with van der Waals surface area (Å²) >= 11 is 7.03. The van der Waals surface area contributed by atoms with Crippen LogP contribution < -0.4 is 16.0 Å². The molecule has 0 bridgehead atoms. The van der Waals surface area contributed by atoms with E-state index in [1.807, 2.05) is 7.05 Å². The molecular weight excluding hydrogens is 432 g/mol. The molecule has 2 aromatic heterocycles. The Balaban J connectivity index is 1.50. The van der Waals surface area contributed by atoms with E-state index < -0.39 is 30.4 Å². The van der Waals surface area contributed by atoms with Crippen LogP contribution in [-0.4, -0.2) is 70.5 Å². The van der Waals surface area contributed by atoms with Crippen LogP contribution in [0.25, 0.3) is 0 Å². The summed E-state index contributed by atoms with van der Waals surface area (Å²) < 4.78 is 0. The molecule has 2 aromatic rings. The quantitative estimate of drug-likeness (QED) is 0.453. The highest BCUT2D eigenvalue weighted by molar-refractivity contribution is 7.13. The molecule has 3 rings (SSSR count). The largest absolute Gasteiger partial charge is 0.394 e. The predicted molar refractivity (Wildman–Crippen MR) is 111 cm³/mol. The molecule has 0 fully saturated rings. The van der Waals surface area contributed by atoms with Gasteiger partial charge in [-0.25, -0.2) is 9.97 Å². The second-order valence-electron chi connectivity index (χ2n) is 6.76. The topological polar surface area (TPSA) is 137 Å². The Hall–Kier alpha value is -2.60. The number of aliphatic hydroxyl groups excluding tert-OH is 1. The zero-order valence-electron chi connectivity index (χ0n) is 16.1. The molecule has 30 heavy (non-hydrogen) atoms. The minimum atomic E-state index is -0.926. The third kappa shape index (κ3) is 5.72. The lowest BCUT2D eigenvalue weighted by Crippen LogP contribution is -2.48. The number of carbonyl (C=O) groups excluding carboxylic acids is 3. The lowest BCUT2D eigenvalue weighted by molar-refractivity contribution is -0.136. The summed E-state index contributed by atoms with van der Waals surface area (Å²) in [6, 6.07) is 2.20. The van der Waals surface area contributed by atoms with Gasteiger partial charge in [0.15, 0.2) is 5.01 Å². The molecule has 4 N–H and O–H groups in total. The number of hydrogen-bond donors (Lipinski definition) is 4. The number of aliphatic hydroxyl groups is 1. The van der Waals surface area contributed by atoms with E-state index in [1.54, 1.807) is 0 Å². The van der Waals surface area contributed by atoms with Crippen molar-refractivity contribution in [2.24, 2.45) is 0 Å². The van der Waals surface area contributed by atoms with Gasteiger partial charge in [0.05, 0.1) is 23.4 Å². The maximum atomic E-state index is 12.5. The van der Waals surface area contributed by atoms with Gasteiger partial charge in [0.1, 0.15) is 5.82 Å². The lowest BCUT2D eigenvalue weighted by atomic mass is 10.2. The van der Waals surface area contributed by atoms with E-state index in [-0.39, 0.29) is 12.4 Å². The monoisotopic (exact) mass is 452 g/mol. The molecule has 0 aromatic carbocycles. The van der Waals surface area contributed by atoms with Crippen LogP contribution in [0.1, 0.15) is 20.4 Å². The van der Waals surface area contributed by atoms with E-state index in [0.717, 1.165) is 30.1 Å². The van der Waals surface area contributed by atoms with Crippen LogP contribution in [0.5, 0.6) is 0 Å². The van der Waals surface area contributed by atoms with Gasteiger partial charge in [0.2, 0.25) is 0 Å². The standard InChI is InChI=1S/C18H21ClN6O4S/c1-25-5-4-12-13(8-25)30-18(23-12)17(29)22-11(9-26)7-21-15(27)16(28)24-14-3-2-10(19)6-20-14/h2-3,6,11,26H,4-5,7-9H2,1H3,(H,21,27)(H,22,29)(H,20,24,28). The molecule has 0 spiro atoms. The van der Waals surface area contributed by atoms with Crippen molar-refractivity contribution in [1.82, 2.24) is 25.5 Å². The van der Waals surface area contributed by atoms with Gasteiger partial charge in [-0.2, -0.15) is 0 Å². The second-order valence-corrected chi connectivity index (χ2v) is 8.28. The van der Waals surface area contributed by atoms with Crippen molar-refractivity contribution in [2.45, 2.75) is 19.0 Å². The molecule has 0 aliphatic carbocycles. The van der Waals surface area contributed by atoms with Crippen LogP contribution in [0.15, 0.2) is 18.3 Å². The first-order chi connectivity index (χ1) is 14.4. The zero-order chi connectivity index (χ0) is 21.7. The van der Waals surface area contributed by atoms with E-state index in [9.17, 15) is 19.5 Å². The Labute approximate surface area is 181 Å². The summed E-state index contributed by atoms with van der Waals surface area (Å²) in [5.41, 5.74) is 0.921. The Morgan fingerprint density at radius 3 is 2.83 bits per heavy atom. The maximum Gasteiger partial charge on any atom is 0.314 e. The van der Waals surface area contributed by atoms with Crippen molar-refractivity contribution in [2.75, 3.05) is 32.1 Å². The van der Waals surface area contributed by atoms with E-state index in [4.69, 9.17) is 11.6 Å². The number of nitrogens with one attached hydrogen (secondary N) is 3. The van der Waals surface area contributed by atoms with Gasteiger partial charge in [0, 0.05) is 37.1 Å². The van der Waals surface area contributed by atoms with Gasteiger partial charge in [-0.05, 0) is 19.2 Å². The molecule has 10 nitrogen and oxygen atoms in total. The van der Waals surface area contributed by atoms with Crippen LogP contribution in [0, 0.1) is 0 Å². The Kier molecular flexibility index (Phi) is 7.32. The number of nitrogens with zero attached hydrogens (tertiary/aromatic N) is 3. The highest BCUT2D eigenvalue weighted by Gasteiger charge is 2.23. The highest BCUT2D eigenvalue weighted by Crippen LogP contribution is 2.24. The van der Waals surface area contributed by atoms with Gasteiger partial charge in [-0.1, -0.05) is 11.6 Å². The molecule has 0 saturated carbocycles. The molecule has 1 aliphatic rings. The number of carbonyl (C=O) groups is 3. The Morgan fingerprint density at radius 2 is 2.13 bits per heavy atom. The minimum Gasteiger partial charge on any atom is -0.394 e. The number of fused-ring (bicyclic) bond motifs is 1. The summed E-state index contributed by atoms with van der Waals surface area (Å²) in [5, 5.41) is 17.6. The molecule has 3 heterocycles. The van der Waals surface area contributed by atoms with Crippen LogP contribution >= 0.6 is 22.9 Å². The summed E-state index contributed by atoms with van der Waals surface area (Å²) in [5.74, 6) is -2.11. The van der Waals surface area contributed by atoms with Crippen LogP contribution in [0.2, 0.25) is 5.02 Å². The number of hydrogen-bond acceptors (Lipinski definition) is 8. The average molecular weight is 453 g/mol. The van der Waals surface area contributed by atoms with Crippen LogP contribution in [-0.2, 0) is 22.6 Å². The van der Waals surface area contributed by atoms with Gasteiger partial charge in [-0.15, -0.1) is 11.3 Å². The first-order valence-corrected chi connectivity index (χ1v) is 10.3. The molecule has 1 unspecified atom stereocenters. The van der Waals surface area contributed by atoms with Crippen molar-refractivity contribution < 1.29 is 19.5 Å². The predicted octanol–water partition coefficient (Wildman–Crippen LogP) is 0.0250. The van der Waals surface area contributed by atoms with Crippen molar-refractivity contribution in [3.63, 3.8) is 0 Å². The molecule has 0 saturated heterocycles. The summed E-state index contributed by atoms with van der Waals surface area (Å²) in [7, 11) is 2.01. The van der Waals surface area contributed by atoms with Crippen LogP contribution in [0.4, 0.5) is 5.82 Å². The molecule has 1 aliphatic heterocycles. The summed E-state index contributed by atoms with van der Waals surface area (Å²) in [6.45, 7) is 1.09. The molecule has 12 heteroatoms. The number of anilines is 1. The van der Waals surface area contributed by atoms with E-state index in [2.05, 4.69) is 30.8 Å². The fraction of sp³-hybridized carbons (Fsp3) is 0.389. The second kappa shape index (κ2) is 9.94. The van der Waals surface area contributed by atoms with Gasteiger partial charge in [-0.3, -0.25) is 14.4 Å². The molecule has 1 atom stereocenters. The first kappa shape index (κ1) is 22.1. The Morgan fingerprint density at radius 1 is 1.33 bits per heavy atom. The number of thiazole rings is 1. The van der Waals surface area contributed by atoms with E-state index >= 15 is 0 Å². The number of halogens is 1. The third-order valence-electron chi connectivity index (χ3n) is 4.36. The maximum absolute atomic E-state index is 12.5. The molecular formula is C18H21ClN6O4S. The summed E-state index contributed by atoms with van der Waals surface area (Å²) in [4.78, 5) is 47.8. The SMILES string of the molecule is CN1CCc2nc(C(=O)NC(CO)CNC(=O)C(=O)Nc3ccc(Cl)cn3)sc2C1.